The molecule has 2 aromatic rings. The first-order valence-corrected chi connectivity index (χ1v) is 10.0. The fraction of sp³-hybridized carbons (Fsp3) is 0.292. The number of morpholine rings is 1. The summed E-state index contributed by atoms with van der Waals surface area (Å²) in [6.45, 7) is 5.72. The first kappa shape index (κ1) is 22.1. The maximum absolute atomic E-state index is 12.5. The third-order valence-corrected chi connectivity index (χ3v) is 4.98. The molecule has 0 saturated carbocycles. The lowest BCUT2D eigenvalue weighted by atomic mass is 10.1. The molecule has 0 spiro atoms. The number of anilines is 1. The minimum atomic E-state index is -0.315. The van der Waals surface area contributed by atoms with Crippen molar-refractivity contribution < 1.29 is 19.1 Å². The van der Waals surface area contributed by atoms with Crippen molar-refractivity contribution >= 4 is 23.6 Å². The maximum Gasteiger partial charge on any atom is 0.264 e. The van der Waals surface area contributed by atoms with Crippen LogP contribution in [0, 0.1) is 25.2 Å². The smallest absolute Gasteiger partial charge is 0.264 e. The number of benzene rings is 2. The molecule has 0 radical (unpaired) electrons. The summed E-state index contributed by atoms with van der Waals surface area (Å²) in [4.78, 5) is 26.4. The first-order chi connectivity index (χ1) is 15.0. The molecular weight excluding hydrogens is 394 g/mol. The van der Waals surface area contributed by atoms with Crippen molar-refractivity contribution in [1.29, 1.82) is 5.26 Å². The molecule has 31 heavy (non-hydrogen) atoms. The predicted molar refractivity (Wildman–Crippen MR) is 117 cm³/mol. The average Bonchev–Trinajstić information content (AvgIpc) is 2.79. The largest absolute Gasteiger partial charge is 0.484 e. The predicted octanol–water partition coefficient (Wildman–Crippen LogP) is 3.09. The van der Waals surface area contributed by atoms with Gasteiger partial charge in [-0.25, -0.2) is 0 Å². The molecule has 1 saturated heterocycles. The van der Waals surface area contributed by atoms with Gasteiger partial charge in [0.15, 0.2) is 6.61 Å². The molecule has 1 aliphatic heterocycles. The number of rotatable bonds is 6. The van der Waals surface area contributed by atoms with E-state index in [2.05, 4.69) is 5.32 Å². The highest BCUT2D eigenvalue weighted by Gasteiger charge is 2.20. The van der Waals surface area contributed by atoms with Crippen molar-refractivity contribution in [3.8, 4) is 11.8 Å². The van der Waals surface area contributed by atoms with Crippen molar-refractivity contribution in [3.05, 3.63) is 64.7 Å². The van der Waals surface area contributed by atoms with Crippen LogP contribution in [0.3, 0.4) is 0 Å². The van der Waals surface area contributed by atoms with E-state index in [4.69, 9.17) is 9.47 Å². The highest BCUT2D eigenvalue weighted by atomic mass is 16.5. The minimum Gasteiger partial charge on any atom is -0.484 e. The lowest BCUT2D eigenvalue weighted by molar-refractivity contribution is -0.130. The normalized spacial score (nSPS) is 14.0. The Labute approximate surface area is 181 Å². The Bertz CT molecular complexity index is 1030. The molecule has 0 bridgehead atoms. The summed E-state index contributed by atoms with van der Waals surface area (Å²) < 4.78 is 10.8. The summed E-state index contributed by atoms with van der Waals surface area (Å²) in [5.74, 6) is -0.116. The SMILES string of the molecule is Cc1ccc(NC(=O)COc2cccc(/C=C(/C#N)C(=O)N3CCOCC3)c2)cc1C. The first-order valence-electron chi connectivity index (χ1n) is 10.0. The molecule has 160 valence electrons. The van der Waals surface area contributed by atoms with Crippen molar-refractivity contribution in [2.75, 3.05) is 38.2 Å². The molecule has 2 amide bonds. The van der Waals surface area contributed by atoms with E-state index >= 15 is 0 Å². The lowest BCUT2D eigenvalue weighted by Crippen LogP contribution is -2.41. The zero-order valence-corrected chi connectivity index (χ0v) is 17.7. The highest BCUT2D eigenvalue weighted by molar-refractivity contribution is 6.01. The zero-order valence-electron chi connectivity index (χ0n) is 17.7. The van der Waals surface area contributed by atoms with E-state index in [1.54, 1.807) is 29.2 Å². The Morgan fingerprint density at radius 1 is 1.16 bits per heavy atom. The van der Waals surface area contributed by atoms with E-state index < -0.39 is 0 Å². The van der Waals surface area contributed by atoms with E-state index in [1.807, 2.05) is 38.1 Å². The second-order valence-corrected chi connectivity index (χ2v) is 7.28. The summed E-state index contributed by atoms with van der Waals surface area (Å²) in [7, 11) is 0. The van der Waals surface area contributed by atoms with Crippen molar-refractivity contribution in [1.82, 2.24) is 4.90 Å². The van der Waals surface area contributed by atoms with Gasteiger partial charge in [-0.2, -0.15) is 5.26 Å². The molecule has 2 aromatic carbocycles. The second-order valence-electron chi connectivity index (χ2n) is 7.28. The lowest BCUT2D eigenvalue weighted by Gasteiger charge is -2.26. The van der Waals surface area contributed by atoms with Gasteiger partial charge in [-0.1, -0.05) is 18.2 Å². The van der Waals surface area contributed by atoms with Gasteiger partial charge < -0.3 is 19.7 Å². The number of aryl methyl sites for hydroxylation is 2. The molecule has 0 aliphatic carbocycles. The third kappa shape index (κ3) is 6.17. The van der Waals surface area contributed by atoms with Crippen LogP contribution in [0.1, 0.15) is 16.7 Å². The van der Waals surface area contributed by atoms with Gasteiger partial charge in [0, 0.05) is 18.8 Å². The van der Waals surface area contributed by atoms with Gasteiger partial charge in [0.05, 0.1) is 13.2 Å². The number of ether oxygens (including phenoxy) is 2. The number of hydrogen-bond donors (Lipinski definition) is 1. The van der Waals surface area contributed by atoms with Crippen molar-refractivity contribution in [2.45, 2.75) is 13.8 Å². The van der Waals surface area contributed by atoms with Crippen LogP contribution in [-0.4, -0.2) is 49.6 Å². The molecular formula is C24H25N3O4. The van der Waals surface area contributed by atoms with Gasteiger partial charge in [-0.05, 0) is 60.9 Å². The van der Waals surface area contributed by atoms with E-state index in [1.165, 1.54) is 6.08 Å². The fourth-order valence-corrected chi connectivity index (χ4v) is 3.10. The molecule has 0 atom stereocenters. The third-order valence-electron chi connectivity index (χ3n) is 4.98. The Hall–Kier alpha value is -3.63. The highest BCUT2D eigenvalue weighted by Crippen LogP contribution is 2.18. The van der Waals surface area contributed by atoms with Crippen LogP contribution in [-0.2, 0) is 14.3 Å². The Morgan fingerprint density at radius 2 is 1.94 bits per heavy atom. The van der Waals surface area contributed by atoms with Crippen LogP contribution in [0.5, 0.6) is 5.75 Å². The summed E-state index contributed by atoms with van der Waals surface area (Å²) >= 11 is 0. The van der Waals surface area contributed by atoms with Gasteiger partial charge in [0.1, 0.15) is 17.4 Å². The van der Waals surface area contributed by atoms with Crippen LogP contribution in [0.2, 0.25) is 0 Å². The van der Waals surface area contributed by atoms with Gasteiger partial charge >= 0.3 is 0 Å². The average molecular weight is 419 g/mol. The molecule has 1 heterocycles. The van der Waals surface area contributed by atoms with E-state index in [0.717, 1.165) is 11.1 Å². The monoisotopic (exact) mass is 419 g/mol. The molecule has 0 unspecified atom stereocenters. The Morgan fingerprint density at radius 3 is 2.65 bits per heavy atom. The fourth-order valence-electron chi connectivity index (χ4n) is 3.10. The Kier molecular flexibility index (Phi) is 7.41. The minimum absolute atomic E-state index is 0.0477. The summed E-state index contributed by atoms with van der Waals surface area (Å²) in [6, 6.07) is 14.6. The van der Waals surface area contributed by atoms with Crippen LogP contribution in [0.4, 0.5) is 5.69 Å². The zero-order chi connectivity index (χ0) is 22.2. The second kappa shape index (κ2) is 10.4. The van der Waals surface area contributed by atoms with E-state index in [-0.39, 0.29) is 24.0 Å². The number of amides is 2. The topological polar surface area (TPSA) is 91.7 Å². The maximum atomic E-state index is 12.5. The quantitative estimate of drug-likeness (QED) is 0.574. The van der Waals surface area contributed by atoms with Gasteiger partial charge in [0.2, 0.25) is 0 Å². The van der Waals surface area contributed by atoms with Crippen LogP contribution < -0.4 is 10.1 Å². The number of nitrogens with one attached hydrogen (secondary N) is 1. The number of carbonyl (C=O) groups excluding carboxylic acids is 2. The summed E-state index contributed by atoms with van der Waals surface area (Å²) in [5, 5.41) is 12.2. The van der Waals surface area contributed by atoms with Crippen LogP contribution in [0.15, 0.2) is 48.0 Å². The van der Waals surface area contributed by atoms with Gasteiger partial charge in [-0.3, -0.25) is 9.59 Å². The van der Waals surface area contributed by atoms with E-state index in [0.29, 0.717) is 43.3 Å². The Balaban J connectivity index is 1.61. The van der Waals surface area contributed by atoms with Crippen molar-refractivity contribution in [3.63, 3.8) is 0 Å². The molecule has 1 aliphatic rings. The van der Waals surface area contributed by atoms with Gasteiger partial charge in [0.25, 0.3) is 11.8 Å². The van der Waals surface area contributed by atoms with E-state index in [9.17, 15) is 14.9 Å². The van der Waals surface area contributed by atoms with Crippen LogP contribution >= 0.6 is 0 Å². The molecule has 1 fully saturated rings. The summed E-state index contributed by atoms with van der Waals surface area (Å²) in [6.07, 6.45) is 1.53. The molecule has 3 rings (SSSR count). The van der Waals surface area contributed by atoms with Gasteiger partial charge in [-0.15, -0.1) is 0 Å². The van der Waals surface area contributed by atoms with Crippen LogP contribution in [0.25, 0.3) is 6.08 Å². The van der Waals surface area contributed by atoms with Crippen molar-refractivity contribution in [2.24, 2.45) is 0 Å². The number of carbonyl (C=O) groups is 2. The standard InChI is InChI=1S/C24H25N3O4/c1-17-6-7-21(12-18(17)2)26-23(28)16-31-22-5-3-4-19(14-22)13-20(15-25)24(29)27-8-10-30-11-9-27/h3-7,12-14H,8-11,16H2,1-2H3,(H,26,28)/b20-13-. The number of nitriles is 1. The molecule has 1 N–H and O–H groups in total. The molecule has 0 aromatic heterocycles. The molecule has 7 nitrogen and oxygen atoms in total. The summed E-state index contributed by atoms with van der Waals surface area (Å²) in [5.41, 5.74) is 3.66. The number of hydrogen-bond acceptors (Lipinski definition) is 5. The molecule has 7 heteroatoms. The number of nitrogens with zero attached hydrogens (tertiary/aromatic N) is 2.